The summed E-state index contributed by atoms with van der Waals surface area (Å²) in [5, 5.41) is 18.8. The maximum Gasteiger partial charge on any atom is 0.375 e. The van der Waals surface area contributed by atoms with Gasteiger partial charge in [-0.05, 0) is 13.0 Å². The minimum atomic E-state index is -1.51. The van der Waals surface area contributed by atoms with E-state index in [-0.39, 0.29) is 27.5 Å². The minimum Gasteiger partial charge on any atom is -0.506 e. The van der Waals surface area contributed by atoms with Crippen LogP contribution in [0, 0.1) is 6.92 Å². The van der Waals surface area contributed by atoms with Crippen LogP contribution >= 0.6 is 0 Å². The maximum atomic E-state index is 12.0. The van der Waals surface area contributed by atoms with Crippen molar-refractivity contribution >= 4 is 27.7 Å². The third kappa shape index (κ3) is 2.03. The van der Waals surface area contributed by atoms with E-state index in [1.807, 2.05) is 0 Å². The number of hydrogen-bond acceptors (Lipinski definition) is 7. The van der Waals surface area contributed by atoms with Crippen LogP contribution in [0.25, 0.3) is 21.7 Å². The van der Waals surface area contributed by atoms with Gasteiger partial charge in [-0.25, -0.2) is 9.59 Å². The SMILES string of the molecule is COc1c(C(=O)O)oc(=O)c2c(O)c3c(=O)cc(C)oc3cc12. The van der Waals surface area contributed by atoms with Gasteiger partial charge in [-0.2, -0.15) is 0 Å². The molecule has 0 aliphatic carbocycles. The second-order valence-electron chi connectivity index (χ2n) is 4.80. The fourth-order valence-corrected chi connectivity index (χ4v) is 2.46. The first kappa shape index (κ1) is 14.6. The van der Waals surface area contributed by atoms with Crippen LogP contribution in [0.3, 0.4) is 0 Å². The number of hydrogen-bond donors (Lipinski definition) is 2. The van der Waals surface area contributed by atoms with Crippen molar-refractivity contribution < 1.29 is 28.6 Å². The molecule has 0 aliphatic heterocycles. The van der Waals surface area contributed by atoms with E-state index < -0.39 is 28.5 Å². The number of carbonyl (C=O) groups is 1. The summed E-state index contributed by atoms with van der Waals surface area (Å²) in [5.41, 5.74) is -1.64. The van der Waals surface area contributed by atoms with E-state index >= 15 is 0 Å². The van der Waals surface area contributed by atoms with Crippen molar-refractivity contribution in [2.45, 2.75) is 6.92 Å². The van der Waals surface area contributed by atoms with Gasteiger partial charge < -0.3 is 23.8 Å². The number of methoxy groups -OCH3 is 1. The maximum absolute atomic E-state index is 12.0. The molecule has 0 spiro atoms. The van der Waals surface area contributed by atoms with E-state index in [1.54, 1.807) is 6.92 Å². The van der Waals surface area contributed by atoms with Gasteiger partial charge in [-0.3, -0.25) is 4.79 Å². The Bertz CT molecular complexity index is 1090. The molecule has 23 heavy (non-hydrogen) atoms. The Morgan fingerprint density at radius 1 is 1.17 bits per heavy atom. The zero-order chi connectivity index (χ0) is 16.9. The average Bonchev–Trinajstić information content (AvgIpc) is 2.45. The lowest BCUT2D eigenvalue weighted by Gasteiger charge is -2.10. The molecule has 0 atom stereocenters. The summed E-state index contributed by atoms with van der Waals surface area (Å²) < 4.78 is 15.1. The van der Waals surface area contributed by atoms with Crippen LogP contribution in [0.2, 0.25) is 0 Å². The molecule has 0 saturated carbocycles. The molecule has 2 aromatic heterocycles. The molecule has 0 unspecified atom stereocenters. The number of phenolic OH excluding ortho intramolecular Hbond substituents is 1. The van der Waals surface area contributed by atoms with Crippen molar-refractivity contribution in [3.63, 3.8) is 0 Å². The van der Waals surface area contributed by atoms with E-state index in [2.05, 4.69) is 0 Å². The highest BCUT2D eigenvalue weighted by atomic mass is 16.5. The quantitative estimate of drug-likeness (QED) is 0.682. The summed E-state index contributed by atoms with van der Waals surface area (Å²) in [5.74, 6) is -2.82. The number of phenols is 1. The van der Waals surface area contributed by atoms with Crippen LogP contribution in [0.1, 0.15) is 16.3 Å². The summed E-state index contributed by atoms with van der Waals surface area (Å²) >= 11 is 0. The first-order valence-corrected chi connectivity index (χ1v) is 6.39. The van der Waals surface area contributed by atoms with Crippen molar-refractivity contribution in [3.8, 4) is 11.5 Å². The standard InChI is InChI=1S/C15H10O8/c1-5-3-7(16)10-8(22-5)4-6-9(11(10)17)15(20)23-13(14(18)19)12(6)21-2/h3-4,17H,1-2H3,(H,18,19). The first-order chi connectivity index (χ1) is 10.8. The van der Waals surface area contributed by atoms with Gasteiger partial charge >= 0.3 is 11.6 Å². The summed E-state index contributed by atoms with van der Waals surface area (Å²) in [6, 6.07) is 2.43. The van der Waals surface area contributed by atoms with E-state index in [9.17, 15) is 19.5 Å². The zero-order valence-corrected chi connectivity index (χ0v) is 12.0. The number of aryl methyl sites for hydroxylation is 1. The molecule has 0 radical (unpaired) electrons. The van der Waals surface area contributed by atoms with Crippen molar-refractivity contribution in [2.24, 2.45) is 0 Å². The summed E-state index contributed by atoms with van der Waals surface area (Å²) in [6.07, 6.45) is 0. The highest BCUT2D eigenvalue weighted by Crippen LogP contribution is 2.36. The van der Waals surface area contributed by atoms with Crippen LogP contribution in [0.15, 0.2) is 30.6 Å². The second-order valence-corrected chi connectivity index (χ2v) is 4.80. The number of fused-ring (bicyclic) bond motifs is 2. The number of ether oxygens (including phenoxy) is 1. The van der Waals surface area contributed by atoms with Crippen LogP contribution < -0.4 is 15.8 Å². The molecule has 8 nitrogen and oxygen atoms in total. The Morgan fingerprint density at radius 2 is 1.87 bits per heavy atom. The van der Waals surface area contributed by atoms with Crippen LogP contribution in [0.4, 0.5) is 0 Å². The summed E-state index contributed by atoms with van der Waals surface area (Å²) in [7, 11) is 1.19. The fraction of sp³-hybridized carbons (Fsp3) is 0.133. The average molecular weight is 318 g/mol. The number of aromatic hydroxyl groups is 1. The second kappa shape index (κ2) is 4.87. The van der Waals surface area contributed by atoms with Crippen LogP contribution in [-0.2, 0) is 0 Å². The Balaban J connectivity index is 2.67. The number of carboxylic acids is 1. The Kier molecular flexibility index (Phi) is 3.10. The van der Waals surface area contributed by atoms with Gasteiger partial charge in [0.1, 0.15) is 27.9 Å². The summed E-state index contributed by atoms with van der Waals surface area (Å²) in [6.45, 7) is 1.54. The van der Waals surface area contributed by atoms with Gasteiger partial charge in [0.25, 0.3) is 5.76 Å². The molecule has 3 rings (SSSR count). The molecule has 0 amide bonds. The van der Waals surface area contributed by atoms with E-state index in [0.717, 1.165) is 0 Å². The van der Waals surface area contributed by atoms with Crippen LogP contribution in [-0.4, -0.2) is 23.3 Å². The lowest BCUT2D eigenvalue weighted by molar-refractivity contribution is 0.0652. The van der Waals surface area contributed by atoms with Gasteiger partial charge in [-0.1, -0.05) is 0 Å². The van der Waals surface area contributed by atoms with Crippen molar-refractivity contribution in [3.05, 3.63) is 44.3 Å². The van der Waals surface area contributed by atoms with Crippen molar-refractivity contribution in [1.82, 2.24) is 0 Å². The van der Waals surface area contributed by atoms with Gasteiger partial charge in [0.2, 0.25) is 0 Å². The van der Waals surface area contributed by atoms with E-state index in [0.29, 0.717) is 5.76 Å². The lowest BCUT2D eigenvalue weighted by Crippen LogP contribution is -2.11. The number of carboxylic acid groups (broad SMARTS) is 1. The molecule has 1 aromatic carbocycles. The Morgan fingerprint density at radius 3 is 2.48 bits per heavy atom. The lowest BCUT2D eigenvalue weighted by atomic mass is 10.1. The molecule has 0 saturated heterocycles. The molecule has 2 heterocycles. The van der Waals surface area contributed by atoms with E-state index in [1.165, 1.54) is 19.2 Å². The molecule has 118 valence electrons. The third-order valence-electron chi connectivity index (χ3n) is 3.36. The van der Waals surface area contributed by atoms with Crippen molar-refractivity contribution in [1.29, 1.82) is 0 Å². The Hall–Kier alpha value is -3.29. The van der Waals surface area contributed by atoms with Gasteiger partial charge in [-0.15, -0.1) is 0 Å². The predicted molar refractivity (Wildman–Crippen MR) is 78.4 cm³/mol. The number of rotatable bonds is 2. The molecule has 2 N–H and O–H groups in total. The number of aromatic carboxylic acids is 1. The van der Waals surface area contributed by atoms with Gasteiger partial charge in [0.15, 0.2) is 11.2 Å². The largest absolute Gasteiger partial charge is 0.506 e. The third-order valence-corrected chi connectivity index (χ3v) is 3.36. The molecule has 0 bridgehead atoms. The highest BCUT2D eigenvalue weighted by Gasteiger charge is 2.24. The molecular formula is C15H10O8. The molecule has 3 aromatic rings. The zero-order valence-electron chi connectivity index (χ0n) is 12.0. The Labute approximate surface area is 127 Å². The predicted octanol–water partition coefficient (Wildman–Crippen LogP) is 1.62. The normalized spacial score (nSPS) is 11.0. The molecule has 0 aliphatic rings. The van der Waals surface area contributed by atoms with E-state index in [4.69, 9.17) is 18.7 Å². The number of benzene rings is 1. The van der Waals surface area contributed by atoms with Crippen molar-refractivity contribution in [2.75, 3.05) is 7.11 Å². The van der Waals surface area contributed by atoms with Gasteiger partial charge in [0, 0.05) is 11.5 Å². The van der Waals surface area contributed by atoms with Gasteiger partial charge in [0.05, 0.1) is 7.11 Å². The monoisotopic (exact) mass is 318 g/mol. The topological polar surface area (TPSA) is 127 Å². The van der Waals surface area contributed by atoms with Crippen LogP contribution in [0.5, 0.6) is 11.5 Å². The molecule has 8 heteroatoms. The minimum absolute atomic E-state index is 0.000221. The molecule has 0 fully saturated rings. The fourth-order valence-electron chi connectivity index (χ4n) is 2.46. The summed E-state index contributed by atoms with van der Waals surface area (Å²) in [4.78, 5) is 35.2. The smallest absolute Gasteiger partial charge is 0.375 e. The molecular weight excluding hydrogens is 308 g/mol. The highest BCUT2D eigenvalue weighted by molar-refractivity contribution is 6.07. The first-order valence-electron chi connectivity index (χ1n) is 6.39.